The lowest BCUT2D eigenvalue weighted by atomic mass is 10.2. The van der Waals surface area contributed by atoms with Gasteiger partial charge in [-0.25, -0.2) is 19.4 Å². The first-order valence-corrected chi connectivity index (χ1v) is 9.55. The van der Waals surface area contributed by atoms with Crippen molar-refractivity contribution in [2.75, 3.05) is 11.5 Å². The summed E-state index contributed by atoms with van der Waals surface area (Å²) >= 11 is 3.10. The third-order valence-corrected chi connectivity index (χ3v) is 5.99. The lowest BCUT2D eigenvalue weighted by molar-refractivity contribution is 0.639. The van der Waals surface area contributed by atoms with Crippen LogP contribution in [-0.4, -0.2) is 29.9 Å². The molecule has 0 aliphatic heterocycles. The fourth-order valence-corrected chi connectivity index (χ4v) is 4.52. The number of aryl methyl sites for hydroxylation is 3. The van der Waals surface area contributed by atoms with Crippen LogP contribution in [0.3, 0.4) is 0 Å². The molecule has 0 fully saturated rings. The zero-order chi connectivity index (χ0) is 17.6. The number of thiophene rings is 1. The highest BCUT2D eigenvalue weighted by Crippen LogP contribution is 2.33. The largest absolute Gasteiger partial charge is 0.383 e. The molecule has 0 bridgehead atoms. The second-order valence-corrected chi connectivity index (χ2v) is 7.90. The molecule has 7 nitrogen and oxygen atoms in total. The Labute approximate surface area is 151 Å². The minimum atomic E-state index is -0.142. The molecular formula is C16H16N6OS2. The van der Waals surface area contributed by atoms with Gasteiger partial charge < -0.3 is 5.73 Å². The van der Waals surface area contributed by atoms with Gasteiger partial charge in [0.05, 0.1) is 11.9 Å². The van der Waals surface area contributed by atoms with E-state index >= 15 is 0 Å². The van der Waals surface area contributed by atoms with E-state index in [4.69, 9.17) is 5.73 Å². The first-order valence-electron chi connectivity index (χ1n) is 7.75. The number of pyridine rings is 1. The maximum atomic E-state index is 12.2. The van der Waals surface area contributed by atoms with E-state index in [1.54, 1.807) is 17.5 Å². The molecule has 0 aromatic carbocycles. The summed E-state index contributed by atoms with van der Waals surface area (Å²) in [4.78, 5) is 23.3. The lowest BCUT2D eigenvalue weighted by Gasteiger charge is -2.03. The van der Waals surface area contributed by atoms with E-state index < -0.39 is 0 Å². The first-order chi connectivity index (χ1) is 12.0. The Morgan fingerprint density at radius 1 is 1.28 bits per heavy atom. The molecule has 4 rings (SSSR count). The summed E-state index contributed by atoms with van der Waals surface area (Å²) in [7, 11) is 0. The minimum Gasteiger partial charge on any atom is -0.383 e. The van der Waals surface area contributed by atoms with E-state index in [1.807, 2.05) is 25.1 Å². The van der Waals surface area contributed by atoms with Gasteiger partial charge in [0, 0.05) is 16.8 Å². The summed E-state index contributed by atoms with van der Waals surface area (Å²) < 4.78 is 2.99. The van der Waals surface area contributed by atoms with Gasteiger partial charge in [-0.05, 0) is 31.5 Å². The Morgan fingerprint density at radius 3 is 2.92 bits per heavy atom. The van der Waals surface area contributed by atoms with E-state index in [2.05, 4.69) is 22.0 Å². The van der Waals surface area contributed by atoms with Crippen molar-refractivity contribution in [3.63, 3.8) is 0 Å². The fourth-order valence-electron chi connectivity index (χ4n) is 2.66. The summed E-state index contributed by atoms with van der Waals surface area (Å²) in [5, 5.41) is 5.89. The Balaban J connectivity index is 1.54. The molecule has 0 atom stereocenters. The molecule has 4 heterocycles. The highest BCUT2D eigenvalue weighted by molar-refractivity contribution is 7.99. The summed E-state index contributed by atoms with van der Waals surface area (Å²) in [5.41, 5.74) is 7.74. The van der Waals surface area contributed by atoms with Crippen LogP contribution in [0.15, 0.2) is 34.3 Å². The summed E-state index contributed by atoms with van der Waals surface area (Å²) in [6.45, 7) is 4.58. The number of fused-ring (bicyclic) bond motifs is 2. The highest BCUT2D eigenvalue weighted by atomic mass is 32.2. The van der Waals surface area contributed by atoms with Gasteiger partial charge in [-0.1, -0.05) is 17.8 Å². The quantitative estimate of drug-likeness (QED) is 0.437. The Morgan fingerprint density at radius 2 is 2.12 bits per heavy atom. The molecule has 0 saturated heterocycles. The number of thioether (sulfide) groups is 1. The molecule has 2 N–H and O–H groups in total. The van der Waals surface area contributed by atoms with Gasteiger partial charge in [-0.15, -0.1) is 16.4 Å². The van der Waals surface area contributed by atoms with Crippen LogP contribution in [0.1, 0.15) is 10.4 Å². The van der Waals surface area contributed by atoms with Crippen molar-refractivity contribution in [3.8, 4) is 0 Å². The number of nitrogen functional groups attached to an aromatic ring is 1. The lowest BCUT2D eigenvalue weighted by Crippen LogP contribution is -2.22. The third-order valence-electron chi connectivity index (χ3n) is 4.06. The van der Waals surface area contributed by atoms with E-state index in [0.29, 0.717) is 28.9 Å². The first kappa shape index (κ1) is 16.1. The molecule has 128 valence electrons. The van der Waals surface area contributed by atoms with E-state index in [-0.39, 0.29) is 5.69 Å². The van der Waals surface area contributed by atoms with Crippen LogP contribution in [0.5, 0.6) is 0 Å². The van der Waals surface area contributed by atoms with Gasteiger partial charge in [-0.2, -0.15) is 0 Å². The van der Waals surface area contributed by atoms with Crippen molar-refractivity contribution in [2.24, 2.45) is 0 Å². The van der Waals surface area contributed by atoms with E-state index in [1.165, 1.54) is 25.7 Å². The number of rotatable bonds is 4. The van der Waals surface area contributed by atoms with Crippen molar-refractivity contribution < 1.29 is 0 Å². The van der Waals surface area contributed by atoms with Crippen molar-refractivity contribution in [1.82, 2.24) is 24.1 Å². The van der Waals surface area contributed by atoms with Crippen molar-refractivity contribution in [2.45, 2.75) is 25.5 Å². The van der Waals surface area contributed by atoms with Gasteiger partial charge in [0.2, 0.25) is 0 Å². The van der Waals surface area contributed by atoms with Gasteiger partial charge in [0.25, 0.3) is 0 Å². The molecule has 0 spiro atoms. The summed E-state index contributed by atoms with van der Waals surface area (Å²) in [6.07, 6.45) is 1.72. The van der Waals surface area contributed by atoms with Crippen molar-refractivity contribution in [1.29, 1.82) is 0 Å². The molecule has 0 aliphatic rings. The maximum Gasteiger partial charge on any atom is 0.350 e. The standard InChI is InChI=1S/C16H16N6OS2/c1-9-10(2)25-14-12(9)13(17)18-15(19-14)24-8-7-22-16(23)21-6-4-3-5-11(21)20-22/h3-6H,7-8H2,1-2H3,(H2,17,18,19). The molecule has 0 saturated carbocycles. The SMILES string of the molecule is Cc1sc2nc(SCCn3nc4ccccn4c3=O)nc(N)c2c1C. The molecule has 25 heavy (non-hydrogen) atoms. The van der Waals surface area contributed by atoms with Gasteiger partial charge in [0.1, 0.15) is 10.6 Å². The maximum absolute atomic E-state index is 12.2. The number of nitrogens with zero attached hydrogens (tertiary/aromatic N) is 5. The fraction of sp³-hybridized carbons (Fsp3) is 0.250. The molecule has 4 aromatic heterocycles. The zero-order valence-corrected chi connectivity index (χ0v) is 15.4. The van der Waals surface area contributed by atoms with Crippen molar-refractivity contribution >= 4 is 44.8 Å². The number of nitrogens with two attached hydrogens (primary N) is 1. The smallest absolute Gasteiger partial charge is 0.350 e. The van der Waals surface area contributed by atoms with Crippen LogP contribution in [0.25, 0.3) is 15.9 Å². The molecule has 0 radical (unpaired) electrons. The van der Waals surface area contributed by atoms with Gasteiger partial charge in [0.15, 0.2) is 10.8 Å². The minimum absolute atomic E-state index is 0.142. The molecule has 9 heteroatoms. The van der Waals surface area contributed by atoms with Crippen molar-refractivity contribution in [3.05, 3.63) is 45.3 Å². The Kier molecular flexibility index (Phi) is 3.97. The number of hydrogen-bond acceptors (Lipinski definition) is 7. The second kappa shape index (κ2) is 6.16. The summed E-state index contributed by atoms with van der Waals surface area (Å²) in [5.74, 6) is 1.15. The average molecular weight is 372 g/mol. The van der Waals surface area contributed by atoms with E-state index in [9.17, 15) is 4.79 Å². The molecular weight excluding hydrogens is 356 g/mol. The predicted octanol–water partition coefficient (Wildman–Crippen LogP) is 2.49. The van der Waals surface area contributed by atoms with Gasteiger partial charge in [-0.3, -0.25) is 4.40 Å². The number of aromatic nitrogens is 5. The third kappa shape index (κ3) is 2.79. The molecule has 4 aromatic rings. The van der Waals surface area contributed by atoms with Crippen LogP contribution in [0.2, 0.25) is 0 Å². The normalized spacial score (nSPS) is 11.6. The average Bonchev–Trinajstić information content (AvgIpc) is 3.06. The Bertz CT molecular complexity index is 1140. The molecule has 0 amide bonds. The molecule has 0 aliphatic carbocycles. The monoisotopic (exact) mass is 372 g/mol. The van der Waals surface area contributed by atoms with Crippen LogP contribution in [0.4, 0.5) is 5.82 Å². The van der Waals surface area contributed by atoms with Crippen LogP contribution < -0.4 is 11.4 Å². The summed E-state index contributed by atoms with van der Waals surface area (Å²) in [6, 6.07) is 5.48. The molecule has 0 unspecified atom stereocenters. The van der Waals surface area contributed by atoms with Crippen LogP contribution >= 0.6 is 23.1 Å². The number of hydrogen-bond donors (Lipinski definition) is 1. The number of anilines is 1. The second-order valence-electron chi connectivity index (χ2n) is 5.64. The highest BCUT2D eigenvalue weighted by Gasteiger charge is 2.13. The predicted molar refractivity (Wildman–Crippen MR) is 101 cm³/mol. The topological polar surface area (TPSA) is 91.1 Å². The van der Waals surface area contributed by atoms with Crippen LogP contribution in [0, 0.1) is 13.8 Å². The zero-order valence-electron chi connectivity index (χ0n) is 13.8. The van der Waals surface area contributed by atoms with Gasteiger partial charge >= 0.3 is 5.69 Å². The van der Waals surface area contributed by atoms with E-state index in [0.717, 1.165) is 15.8 Å². The Hall–Kier alpha value is -2.39. The van der Waals surface area contributed by atoms with Crippen LogP contribution in [-0.2, 0) is 6.54 Å².